The van der Waals surface area contributed by atoms with E-state index in [4.69, 9.17) is 18.4 Å². The van der Waals surface area contributed by atoms with E-state index in [1.54, 1.807) is 27.4 Å². The summed E-state index contributed by atoms with van der Waals surface area (Å²) < 4.78 is 16.0. The molecule has 1 aliphatic carbocycles. The van der Waals surface area contributed by atoms with Crippen molar-refractivity contribution in [2.24, 2.45) is 15.8 Å². The number of carbonyl (C=O) groups is 2. The van der Waals surface area contributed by atoms with E-state index in [9.17, 15) is 14.4 Å². The second-order valence-electron chi connectivity index (χ2n) is 12.0. The van der Waals surface area contributed by atoms with Crippen LogP contribution in [0.2, 0.25) is 6.04 Å². The zero-order valence-electron chi connectivity index (χ0n) is 26.2. The average Bonchev–Trinajstić information content (AvgIpc) is 2.90. The van der Waals surface area contributed by atoms with Gasteiger partial charge in [0.25, 0.3) is 0 Å². The summed E-state index contributed by atoms with van der Waals surface area (Å²) in [5.41, 5.74) is 0.521. The highest BCUT2D eigenvalue weighted by atomic mass is 28.4. The number of nitrogens with zero attached hydrogens (tertiary/aromatic N) is 1. The van der Waals surface area contributed by atoms with Crippen molar-refractivity contribution in [3.63, 3.8) is 0 Å². The summed E-state index contributed by atoms with van der Waals surface area (Å²) in [6, 6.07) is 0.652. The minimum absolute atomic E-state index is 0.00567. The van der Waals surface area contributed by atoms with Crippen molar-refractivity contribution < 1.29 is 32.8 Å². The quantitative estimate of drug-likeness (QED) is 0.0721. The number of hydrogen-bond donors (Lipinski definition) is 3. The molecule has 0 aliphatic heterocycles. The minimum atomic E-state index is -2.56. The van der Waals surface area contributed by atoms with Gasteiger partial charge < -0.3 is 29.0 Å². The van der Waals surface area contributed by atoms with Gasteiger partial charge in [0.1, 0.15) is 0 Å². The van der Waals surface area contributed by atoms with E-state index >= 15 is 0 Å². The summed E-state index contributed by atoms with van der Waals surface area (Å²) in [6.07, 6.45) is 13.7. The first-order valence-electron chi connectivity index (χ1n) is 14.9. The van der Waals surface area contributed by atoms with E-state index in [1.807, 2.05) is 0 Å². The number of nitrogens with one attached hydrogen (secondary N) is 2. The lowest BCUT2D eigenvalue weighted by molar-refractivity contribution is -0.121. The van der Waals surface area contributed by atoms with Crippen molar-refractivity contribution in [3.8, 4) is 0 Å². The highest BCUT2D eigenvalue weighted by molar-refractivity contribution is 6.60. The molecule has 0 aromatic carbocycles. The SMILES string of the molecule is CC1(C)CCCC(C)(CNC(=O)O)C1.CCCCCCC(CCCC(=O)NCCC[Si](OC)(OC)OC)N=C=O. The molecule has 1 rings (SSSR count). The fourth-order valence-corrected chi connectivity index (χ4v) is 7.32. The minimum Gasteiger partial charge on any atom is -0.465 e. The Hall–Kier alpha value is -1.78. The van der Waals surface area contributed by atoms with Crippen molar-refractivity contribution in [3.05, 3.63) is 0 Å². The Balaban J connectivity index is 0.000000906. The van der Waals surface area contributed by atoms with Gasteiger partial charge in [0, 0.05) is 46.9 Å². The lowest BCUT2D eigenvalue weighted by atomic mass is 9.64. The molecule has 1 aliphatic rings. The fraction of sp³-hybridized carbons (Fsp3) is 0.897. The van der Waals surface area contributed by atoms with Gasteiger partial charge in [0.2, 0.25) is 12.0 Å². The molecule has 2 atom stereocenters. The maximum Gasteiger partial charge on any atom is 0.500 e. The molecule has 1 fully saturated rings. The Labute approximate surface area is 243 Å². The third-order valence-corrected chi connectivity index (χ3v) is 10.5. The van der Waals surface area contributed by atoms with Gasteiger partial charge in [0.05, 0.1) is 6.04 Å². The molecule has 2 amide bonds. The molecule has 40 heavy (non-hydrogen) atoms. The van der Waals surface area contributed by atoms with Crippen LogP contribution in [-0.2, 0) is 22.9 Å². The summed E-state index contributed by atoms with van der Waals surface area (Å²) in [5, 5.41) is 14.0. The molecule has 11 heteroatoms. The molecule has 10 nitrogen and oxygen atoms in total. The largest absolute Gasteiger partial charge is 0.500 e. The zero-order valence-corrected chi connectivity index (χ0v) is 27.2. The van der Waals surface area contributed by atoms with Crippen LogP contribution in [0.4, 0.5) is 4.79 Å². The predicted octanol–water partition coefficient (Wildman–Crippen LogP) is 6.08. The van der Waals surface area contributed by atoms with Gasteiger partial charge in [-0.15, -0.1) is 0 Å². The van der Waals surface area contributed by atoms with E-state index in [0.29, 0.717) is 31.0 Å². The molecule has 0 saturated heterocycles. The average molecular weight is 588 g/mol. The highest BCUT2D eigenvalue weighted by Gasteiger charge is 2.37. The van der Waals surface area contributed by atoms with Crippen LogP contribution in [0, 0.1) is 10.8 Å². The number of isocyanates is 1. The number of amides is 2. The van der Waals surface area contributed by atoms with Crippen LogP contribution in [0.5, 0.6) is 0 Å². The van der Waals surface area contributed by atoms with Gasteiger partial charge in [-0.1, -0.05) is 59.8 Å². The van der Waals surface area contributed by atoms with Gasteiger partial charge in [-0.2, -0.15) is 0 Å². The van der Waals surface area contributed by atoms with Crippen molar-refractivity contribution in [1.29, 1.82) is 0 Å². The van der Waals surface area contributed by atoms with Crippen molar-refractivity contribution >= 4 is 26.9 Å². The number of unbranched alkanes of at least 4 members (excludes halogenated alkanes) is 3. The van der Waals surface area contributed by atoms with E-state index in [1.165, 1.54) is 25.7 Å². The topological polar surface area (TPSA) is 136 Å². The zero-order chi connectivity index (χ0) is 30.5. The second-order valence-corrected chi connectivity index (χ2v) is 15.1. The molecule has 3 N–H and O–H groups in total. The lowest BCUT2D eigenvalue weighted by Gasteiger charge is -2.42. The maximum atomic E-state index is 11.9. The molecule has 0 heterocycles. The fourth-order valence-electron chi connectivity index (χ4n) is 5.60. The maximum absolute atomic E-state index is 11.9. The van der Waals surface area contributed by atoms with Gasteiger partial charge in [-0.25, -0.2) is 14.6 Å². The molecular weight excluding hydrogens is 530 g/mol. The van der Waals surface area contributed by atoms with Crippen LogP contribution >= 0.6 is 0 Å². The van der Waals surface area contributed by atoms with E-state index in [2.05, 4.69) is 43.3 Å². The molecule has 0 aromatic rings. The molecule has 0 bridgehead atoms. The summed E-state index contributed by atoms with van der Waals surface area (Å²) in [5.74, 6) is 0.0179. The summed E-state index contributed by atoms with van der Waals surface area (Å²) in [6.45, 7) is 10.0. The third kappa shape index (κ3) is 17.8. The van der Waals surface area contributed by atoms with Crippen molar-refractivity contribution in [2.75, 3.05) is 34.4 Å². The second kappa shape index (κ2) is 21.0. The molecule has 0 aromatic heterocycles. The van der Waals surface area contributed by atoms with Crippen LogP contribution in [0.25, 0.3) is 0 Å². The first kappa shape index (κ1) is 38.2. The third-order valence-electron chi connectivity index (χ3n) is 7.69. The van der Waals surface area contributed by atoms with Crippen molar-refractivity contribution in [1.82, 2.24) is 10.6 Å². The molecule has 0 spiro atoms. The van der Waals surface area contributed by atoms with Crippen LogP contribution in [-0.4, -0.2) is 72.5 Å². The normalized spacial score (nSPS) is 19.0. The molecule has 234 valence electrons. The molecule has 2 unspecified atom stereocenters. The van der Waals surface area contributed by atoms with Crippen LogP contribution in [0.15, 0.2) is 4.99 Å². The van der Waals surface area contributed by atoms with Gasteiger partial charge >= 0.3 is 14.9 Å². The number of carboxylic acid groups (broad SMARTS) is 1. The summed E-state index contributed by atoms with van der Waals surface area (Å²) >= 11 is 0. The Morgan fingerprint density at radius 3 is 2.17 bits per heavy atom. The summed E-state index contributed by atoms with van der Waals surface area (Å²) in [4.78, 5) is 36.8. The van der Waals surface area contributed by atoms with Crippen LogP contribution in [0.3, 0.4) is 0 Å². The smallest absolute Gasteiger partial charge is 0.465 e. The first-order valence-corrected chi connectivity index (χ1v) is 16.8. The van der Waals surface area contributed by atoms with Crippen molar-refractivity contribution in [2.45, 2.75) is 123 Å². The van der Waals surface area contributed by atoms with E-state index in [0.717, 1.165) is 51.4 Å². The summed E-state index contributed by atoms with van der Waals surface area (Å²) in [7, 11) is 2.19. The van der Waals surface area contributed by atoms with Crippen LogP contribution in [0.1, 0.15) is 111 Å². The predicted molar refractivity (Wildman–Crippen MR) is 160 cm³/mol. The van der Waals surface area contributed by atoms with E-state index < -0.39 is 14.9 Å². The molecule has 1 saturated carbocycles. The van der Waals surface area contributed by atoms with Gasteiger partial charge in [0.15, 0.2) is 0 Å². The van der Waals surface area contributed by atoms with Gasteiger partial charge in [-0.3, -0.25) is 4.79 Å². The monoisotopic (exact) mass is 587 g/mol. The Kier molecular flexibility index (Phi) is 20.1. The standard InChI is InChI=1S/C18H36N2O5Si.C11H21NO2/c1-5-6-7-8-11-17(20-16-21)12-9-13-18(22)19-14-10-15-26(23-2,24-3)25-4;1-10(2)5-4-6-11(3,7-10)8-12-9(13)14/h17H,5-15H2,1-4H3,(H,19,22);12H,4-8H2,1-3H3,(H,13,14). The Bertz CT molecular complexity index is 750. The number of hydrogen-bond acceptors (Lipinski definition) is 7. The molecular formula is C29H57N3O7Si. The van der Waals surface area contributed by atoms with Crippen LogP contribution < -0.4 is 10.6 Å². The van der Waals surface area contributed by atoms with E-state index in [-0.39, 0.29) is 17.4 Å². The first-order chi connectivity index (χ1) is 18.9. The number of rotatable bonds is 19. The molecule has 0 radical (unpaired) electrons. The Morgan fingerprint density at radius 1 is 0.975 bits per heavy atom. The van der Waals surface area contributed by atoms with Gasteiger partial charge in [-0.05, 0) is 55.8 Å². The number of carbonyl (C=O) groups excluding carboxylic acids is 2. The highest BCUT2D eigenvalue weighted by Crippen LogP contribution is 2.45. The number of aliphatic imine (C=N–C) groups is 1. The Morgan fingerprint density at radius 2 is 1.62 bits per heavy atom. The lowest BCUT2D eigenvalue weighted by Crippen LogP contribution is -2.43.